The number of hydrogen-bond donors (Lipinski definition) is 3. The number of carbonyl (C=O) groups excluding carboxylic acids is 2. The summed E-state index contributed by atoms with van der Waals surface area (Å²) in [5.41, 5.74) is 0. The molecule has 0 bridgehead atoms. The van der Waals surface area contributed by atoms with Gasteiger partial charge in [-0.15, -0.1) is 0 Å². The molecule has 0 fully saturated rings. The maximum absolute atomic E-state index is 12.5. The van der Waals surface area contributed by atoms with Gasteiger partial charge in [0, 0.05) is 12.8 Å². The van der Waals surface area contributed by atoms with E-state index in [9.17, 15) is 19.8 Å². The molecule has 0 radical (unpaired) electrons. The molecule has 2 atom stereocenters. The largest absolute Gasteiger partial charge is 0.466 e. The van der Waals surface area contributed by atoms with E-state index in [0.717, 1.165) is 77.0 Å². The third-order valence-corrected chi connectivity index (χ3v) is 14.3. The van der Waals surface area contributed by atoms with Gasteiger partial charge < -0.3 is 20.3 Å². The molecule has 3 N–H and O–H groups in total. The van der Waals surface area contributed by atoms with Crippen LogP contribution in [0.5, 0.6) is 0 Å². The Labute approximate surface area is 419 Å². The minimum absolute atomic E-state index is 0.0276. The van der Waals surface area contributed by atoms with Crippen molar-refractivity contribution in [2.75, 3.05) is 13.2 Å². The standard InChI is InChI=1S/C61H119NO5/c1-3-5-7-9-11-13-15-17-19-20-21-22-23-24-25-26-27-28-29-30-33-37-41-45-49-53-59(64)58(57-63)62-60(65)54-50-46-42-38-34-32-36-40-44-48-52-56-67-61(66)55-51-47-43-39-35-31-18-16-14-12-10-8-6-4-2/h36,40,58-59,63-64H,3-35,37-39,41-57H2,1-2H3,(H,62,65)/b40-36-. The summed E-state index contributed by atoms with van der Waals surface area (Å²) in [6.45, 7) is 4.91. The maximum Gasteiger partial charge on any atom is 0.305 e. The Hall–Kier alpha value is -1.40. The van der Waals surface area contributed by atoms with Gasteiger partial charge in [0.15, 0.2) is 0 Å². The molecule has 0 spiro atoms. The van der Waals surface area contributed by atoms with Crippen LogP contribution in [0.25, 0.3) is 0 Å². The summed E-state index contributed by atoms with van der Waals surface area (Å²) in [6.07, 6.45) is 67.9. The molecule has 398 valence electrons. The Morgan fingerprint density at radius 1 is 0.403 bits per heavy atom. The van der Waals surface area contributed by atoms with Crippen LogP contribution in [0.2, 0.25) is 0 Å². The van der Waals surface area contributed by atoms with Gasteiger partial charge >= 0.3 is 5.97 Å². The van der Waals surface area contributed by atoms with Crippen molar-refractivity contribution in [3.8, 4) is 0 Å². The molecule has 0 saturated carbocycles. The number of aliphatic hydroxyl groups is 2. The van der Waals surface area contributed by atoms with Crippen molar-refractivity contribution in [1.82, 2.24) is 5.32 Å². The van der Waals surface area contributed by atoms with Gasteiger partial charge in [-0.1, -0.05) is 289 Å². The van der Waals surface area contributed by atoms with Gasteiger partial charge in [0.05, 0.1) is 25.4 Å². The normalized spacial score (nSPS) is 12.6. The number of carbonyl (C=O) groups is 2. The average Bonchev–Trinajstić information content (AvgIpc) is 3.33. The number of esters is 1. The lowest BCUT2D eigenvalue weighted by atomic mass is 10.0. The molecule has 0 saturated heterocycles. The fraction of sp³-hybridized carbons (Fsp3) is 0.934. The molecule has 0 aliphatic carbocycles. The summed E-state index contributed by atoms with van der Waals surface area (Å²) in [5.74, 6) is -0.0872. The van der Waals surface area contributed by atoms with Gasteiger partial charge in [0.2, 0.25) is 5.91 Å². The van der Waals surface area contributed by atoms with E-state index in [1.807, 2.05) is 0 Å². The molecule has 0 aliphatic heterocycles. The first kappa shape index (κ1) is 65.6. The lowest BCUT2D eigenvalue weighted by Gasteiger charge is -2.22. The van der Waals surface area contributed by atoms with E-state index in [1.165, 1.54) is 231 Å². The minimum atomic E-state index is -0.683. The van der Waals surface area contributed by atoms with E-state index in [4.69, 9.17) is 4.74 Å². The summed E-state index contributed by atoms with van der Waals surface area (Å²) in [7, 11) is 0. The number of hydrogen-bond acceptors (Lipinski definition) is 5. The van der Waals surface area contributed by atoms with Crippen LogP contribution in [0.4, 0.5) is 0 Å². The van der Waals surface area contributed by atoms with E-state index < -0.39 is 12.1 Å². The second-order valence-corrected chi connectivity index (χ2v) is 21.0. The lowest BCUT2D eigenvalue weighted by molar-refractivity contribution is -0.143. The third kappa shape index (κ3) is 53.8. The molecular weight excluding hydrogens is 827 g/mol. The maximum atomic E-state index is 12.5. The van der Waals surface area contributed by atoms with Gasteiger partial charge in [-0.05, 0) is 51.4 Å². The third-order valence-electron chi connectivity index (χ3n) is 14.3. The number of rotatable bonds is 57. The van der Waals surface area contributed by atoms with Crippen LogP contribution >= 0.6 is 0 Å². The second-order valence-electron chi connectivity index (χ2n) is 21.0. The smallest absolute Gasteiger partial charge is 0.305 e. The molecule has 6 nitrogen and oxygen atoms in total. The number of ether oxygens (including phenoxy) is 1. The molecule has 2 unspecified atom stereocenters. The zero-order valence-corrected chi connectivity index (χ0v) is 45.4. The molecule has 0 rings (SSSR count). The zero-order chi connectivity index (χ0) is 48.6. The monoisotopic (exact) mass is 946 g/mol. The number of allylic oxidation sites excluding steroid dienone is 2. The van der Waals surface area contributed by atoms with Gasteiger partial charge in [-0.3, -0.25) is 9.59 Å². The molecule has 0 aliphatic rings. The predicted octanol–water partition coefficient (Wildman–Crippen LogP) is 18.9. The van der Waals surface area contributed by atoms with E-state index in [0.29, 0.717) is 25.9 Å². The number of amides is 1. The minimum Gasteiger partial charge on any atom is -0.466 e. The summed E-state index contributed by atoms with van der Waals surface area (Å²) >= 11 is 0. The Morgan fingerprint density at radius 3 is 1.06 bits per heavy atom. The average molecular weight is 947 g/mol. The SMILES string of the molecule is CCCCCCCCCCCCCCCCCCCCCCCCCCCC(O)C(CO)NC(=O)CCCCCCC/C=C\CCCCOC(=O)CCCCCCCCCCCCCCCC. The Balaban J connectivity index is 3.47. The van der Waals surface area contributed by atoms with Crippen molar-refractivity contribution in [2.45, 2.75) is 353 Å². The fourth-order valence-electron chi connectivity index (χ4n) is 9.64. The highest BCUT2D eigenvalue weighted by atomic mass is 16.5. The molecule has 6 heteroatoms. The van der Waals surface area contributed by atoms with Crippen molar-refractivity contribution in [1.29, 1.82) is 0 Å². The molecule has 67 heavy (non-hydrogen) atoms. The number of aliphatic hydroxyl groups excluding tert-OH is 2. The van der Waals surface area contributed by atoms with Gasteiger partial charge in [0.1, 0.15) is 0 Å². The first-order chi connectivity index (χ1) is 33.0. The van der Waals surface area contributed by atoms with Crippen LogP contribution < -0.4 is 5.32 Å². The highest BCUT2D eigenvalue weighted by Crippen LogP contribution is 2.18. The molecule has 0 aromatic carbocycles. The predicted molar refractivity (Wildman–Crippen MR) is 292 cm³/mol. The molecule has 0 aromatic heterocycles. The van der Waals surface area contributed by atoms with Crippen LogP contribution in [0.3, 0.4) is 0 Å². The van der Waals surface area contributed by atoms with E-state index >= 15 is 0 Å². The van der Waals surface area contributed by atoms with Gasteiger partial charge in [0.25, 0.3) is 0 Å². The molecule has 0 aromatic rings. The Kier molecular flexibility index (Phi) is 56.0. The second kappa shape index (κ2) is 57.2. The van der Waals surface area contributed by atoms with Crippen LogP contribution in [0.15, 0.2) is 12.2 Å². The number of nitrogens with one attached hydrogen (secondary N) is 1. The van der Waals surface area contributed by atoms with Crippen molar-refractivity contribution in [2.24, 2.45) is 0 Å². The first-order valence-electron chi connectivity index (χ1n) is 30.4. The quantitative estimate of drug-likeness (QED) is 0.0321. The summed E-state index contributed by atoms with van der Waals surface area (Å²) in [4.78, 5) is 24.5. The molecule has 1 amide bonds. The lowest BCUT2D eigenvalue weighted by Crippen LogP contribution is -2.45. The Morgan fingerprint density at radius 2 is 0.701 bits per heavy atom. The summed E-state index contributed by atoms with van der Waals surface area (Å²) < 4.78 is 5.45. The van der Waals surface area contributed by atoms with Crippen molar-refractivity contribution in [3.05, 3.63) is 12.2 Å². The van der Waals surface area contributed by atoms with E-state index in [-0.39, 0.29) is 18.5 Å². The zero-order valence-electron chi connectivity index (χ0n) is 45.4. The molecular formula is C61H119NO5. The topological polar surface area (TPSA) is 95.9 Å². The van der Waals surface area contributed by atoms with E-state index in [2.05, 4.69) is 31.3 Å². The van der Waals surface area contributed by atoms with E-state index in [1.54, 1.807) is 0 Å². The van der Waals surface area contributed by atoms with Crippen LogP contribution in [0, 0.1) is 0 Å². The molecule has 0 heterocycles. The van der Waals surface area contributed by atoms with Crippen molar-refractivity contribution < 1.29 is 24.5 Å². The van der Waals surface area contributed by atoms with Crippen LogP contribution in [-0.2, 0) is 14.3 Å². The van der Waals surface area contributed by atoms with Crippen molar-refractivity contribution in [3.63, 3.8) is 0 Å². The fourth-order valence-corrected chi connectivity index (χ4v) is 9.64. The summed E-state index contributed by atoms with van der Waals surface area (Å²) in [5, 5.41) is 23.4. The summed E-state index contributed by atoms with van der Waals surface area (Å²) in [6, 6.07) is -0.563. The van der Waals surface area contributed by atoms with Gasteiger partial charge in [-0.25, -0.2) is 0 Å². The highest BCUT2D eigenvalue weighted by molar-refractivity contribution is 5.76. The van der Waals surface area contributed by atoms with Crippen LogP contribution in [0.1, 0.15) is 341 Å². The van der Waals surface area contributed by atoms with Crippen LogP contribution in [-0.4, -0.2) is 47.4 Å². The van der Waals surface area contributed by atoms with Crippen molar-refractivity contribution >= 4 is 11.9 Å². The first-order valence-corrected chi connectivity index (χ1v) is 30.4. The highest BCUT2D eigenvalue weighted by Gasteiger charge is 2.20. The van der Waals surface area contributed by atoms with Gasteiger partial charge in [-0.2, -0.15) is 0 Å². The number of unbranched alkanes of at least 4 members (excludes halogenated alkanes) is 44. The Bertz CT molecular complexity index is 1000.